The second kappa shape index (κ2) is 5.63. The fraction of sp³-hybridized carbons (Fsp3) is 0.571. The summed E-state index contributed by atoms with van der Waals surface area (Å²) in [5, 5.41) is 0. The van der Waals surface area contributed by atoms with Crippen molar-refractivity contribution in [3.05, 3.63) is 35.4 Å². The number of hydrazine groups is 1. The summed E-state index contributed by atoms with van der Waals surface area (Å²) in [6.07, 6.45) is 2.30. The van der Waals surface area contributed by atoms with Gasteiger partial charge in [0.05, 0.1) is 12.1 Å². The number of hydrogen-bond donors (Lipinski definition) is 2. The molecular formula is C14H22N2O. The number of nitrogens with two attached hydrogens (primary N) is 1. The zero-order chi connectivity index (χ0) is 12.3. The van der Waals surface area contributed by atoms with E-state index < -0.39 is 0 Å². The molecule has 0 aliphatic carbocycles. The topological polar surface area (TPSA) is 47.3 Å². The molecule has 3 unspecified atom stereocenters. The molecule has 94 valence electrons. The molecule has 1 saturated heterocycles. The summed E-state index contributed by atoms with van der Waals surface area (Å²) < 4.78 is 5.77. The largest absolute Gasteiger partial charge is 0.376 e. The van der Waals surface area contributed by atoms with Crippen LogP contribution in [-0.2, 0) is 11.2 Å². The second-order valence-electron chi connectivity index (χ2n) is 5.06. The van der Waals surface area contributed by atoms with Crippen molar-refractivity contribution in [1.82, 2.24) is 5.43 Å². The van der Waals surface area contributed by atoms with Crippen molar-refractivity contribution in [2.24, 2.45) is 11.8 Å². The normalized spacial score (nSPS) is 26.1. The van der Waals surface area contributed by atoms with E-state index in [0.717, 1.165) is 19.4 Å². The molecular weight excluding hydrogens is 212 g/mol. The predicted molar refractivity (Wildman–Crippen MR) is 69.5 cm³/mol. The van der Waals surface area contributed by atoms with Crippen LogP contribution < -0.4 is 11.3 Å². The predicted octanol–water partition coefficient (Wildman–Crippen LogP) is 1.79. The van der Waals surface area contributed by atoms with Crippen molar-refractivity contribution in [2.45, 2.75) is 38.8 Å². The Balaban J connectivity index is 2.01. The second-order valence-corrected chi connectivity index (χ2v) is 5.06. The lowest BCUT2D eigenvalue weighted by molar-refractivity contribution is 0.0610. The molecule has 0 bridgehead atoms. The van der Waals surface area contributed by atoms with E-state index >= 15 is 0 Å². The van der Waals surface area contributed by atoms with E-state index in [0.29, 0.717) is 5.92 Å². The zero-order valence-corrected chi connectivity index (χ0v) is 10.6. The third kappa shape index (κ3) is 3.06. The van der Waals surface area contributed by atoms with Crippen LogP contribution in [0.25, 0.3) is 0 Å². The first-order valence-electron chi connectivity index (χ1n) is 6.34. The number of ether oxygens (including phenoxy) is 1. The van der Waals surface area contributed by atoms with Gasteiger partial charge in [0.2, 0.25) is 0 Å². The van der Waals surface area contributed by atoms with Gasteiger partial charge in [-0.2, -0.15) is 0 Å². The van der Waals surface area contributed by atoms with Gasteiger partial charge in [0.25, 0.3) is 0 Å². The maximum absolute atomic E-state index is 5.77. The van der Waals surface area contributed by atoms with Crippen LogP contribution in [0.15, 0.2) is 24.3 Å². The molecule has 1 aliphatic heterocycles. The van der Waals surface area contributed by atoms with Crippen LogP contribution >= 0.6 is 0 Å². The first kappa shape index (κ1) is 12.6. The number of benzene rings is 1. The van der Waals surface area contributed by atoms with Crippen LogP contribution in [0.2, 0.25) is 0 Å². The van der Waals surface area contributed by atoms with Crippen molar-refractivity contribution in [3.8, 4) is 0 Å². The minimum Gasteiger partial charge on any atom is -0.376 e. The Bertz CT molecular complexity index is 350. The van der Waals surface area contributed by atoms with E-state index in [2.05, 4.69) is 43.5 Å². The molecule has 1 heterocycles. The molecule has 17 heavy (non-hydrogen) atoms. The highest BCUT2D eigenvalue weighted by Crippen LogP contribution is 2.24. The van der Waals surface area contributed by atoms with Crippen molar-refractivity contribution in [1.29, 1.82) is 0 Å². The number of nitrogens with one attached hydrogen (secondary N) is 1. The summed E-state index contributed by atoms with van der Waals surface area (Å²) in [6, 6.07) is 8.82. The van der Waals surface area contributed by atoms with Gasteiger partial charge in [0, 0.05) is 6.61 Å². The molecule has 2 rings (SSSR count). The van der Waals surface area contributed by atoms with E-state index in [4.69, 9.17) is 10.6 Å². The Morgan fingerprint density at radius 2 is 2.12 bits per heavy atom. The molecule has 1 aromatic rings. The molecule has 3 N–H and O–H groups in total. The highest BCUT2D eigenvalue weighted by Gasteiger charge is 2.31. The average Bonchev–Trinajstić information content (AvgIpc) is 2.75. The molecule has 3 heteroatoms. The van der Waals surface area contributed by atoms with Gasteiger partial charge in [-0.05, 0) is 31.2 Å². The number of rotatable bonds is 4. The summed E-state index contributed by atoms with van der Waals surface area (Å²) in [4.78, 5) is 0. The van der Waals surface area contributed by atoms with E-state index in [-0.39, 0.29) is 12.1 Å². The van der Waals surface area contributed by atoms with Gasteiger partial charge >= 0.3 is 0 Å². The Morgan fingerprint density at radius 1 is 1.41 bits per heavy atom. The molecule has 0 saturated carbocycles. The summed E-state index contributed by atoms with van der Waals surface area (Å²) in [6.45, 7) is 5.19. The maximum Gasteiger partial charge on any atom is 0.0771 e. The SMILES string of the molecule is Cc1ccc(CC(NN)C2OCCC2C)cc1. The van der Waals surface area contributed by atoms with Gasteiger partial charge in [-0.25, -0.2) is 0 Å². The van der Waals surface area contributed by atoms with E-state index in [9.17, 15) is 0 Å². The molecule has 0 radical (unpaired) electrons. The fourth-order valence-corrected chi connectivity index (χ4v) is 2.48. The smallest absolute Gasteiger partial charge is 0.0771 e. The third-order valence-corrected chi connectivity index (χ3v) is 3.63. The van der Waals surface area contributed by atoms with Crippen LogP contribution in [0.1, 0.15) is 24.5 Å². The molecule has 1 aromatic carbocycles. The highest BCUT2D eigenvalue weighted by atomic mass is 16.5. The molecule has 0 spiro atoms. The van der Waals surface area contributed by atoms with Crippen molar-refractivity contribution >= 4 is 0 Å². The fourth-order valence-electron chi connectivity index (χ4n) is 2.48. The van der Waals surface area contributed by atoms with Crippen LogP contribution in [0.5, 0.6) is 0 Å². The molecule has 0 aromatic heterocycles. The van der Waals surface area contributed by atoms with Crippen molar-refractivity contribution in [3.63, 3.8) is 0 Å². The Labute approximate surface area is 103 Å². The first-order valence-corrected chi connectivity index (χ1v) is 6.34. The van der Waals surface area contributed by atoms with Crippen molar-refractivity contribution in [2.75, 3.05) is 6.61 Å². The minimum atomic E-state index is 0.204. The summed E-state index contributed by atoms with van der Waals surface area (Å²) in [7, 11) is 0. The minimum absolute atomic E-state index is 0.204. The van der Waals surface area contributed by atoms with Crippen LogP contribution in [0, 0.1) is 12.8 Å². The van der Waals surface area contributed by atoms with Crippen LogP contribution in [0.4, 0.5) is 0 Å². The Hall–Kier alpha value is -0.900. The van der Waals surface area contributed by atoms with Crippen molar-refractivity contribution < 1.29 is 4.74 Å². The zero-order valence-electron chi connectivity index (χ0n) is 10.6. The summed E-state index contributed by atoms with van der Waals surface area (Å²) in [5.74, 6) is 6.25. The molecule has 0 amide bonds. The quantitative estimate of drug-likeness (QED) is 0.617. The van der Waals surface area contributed by atoms with E-state index in [1.165, 1.54) is 11.1 Å². The first-order chi connectivity index (χ1) is 8.20. The number of aryl methyl sites for hydroxylation is 1. The van der Waals surface area contributed by atoms with Gasteiger partial charge in [-0.15, -0.1) is 0 Å². The lowest BCUT2D eigenvalue weighted by atomic mass is 9.93. The van der Waals surface area contributed by atoms with Crippen LogP contribution in [-0.4, -0.2) is 18.8 Å². The molecule has 3 nitrogen and oxygen atoms in total. The maximum atomic E-state index is 5.77. The van der Waals surface area contributed by atoms with E-state index in [1.807, 2.05) is 0 Å². The molecule has 1 fully saturated rings. The number of hydrogen-bond acceptors (Lipinski definition) is 3. The molecule has 3 atom stereocenters. The molecule has 1 aliphatic rings. The Morgan fingerprint density at radius 3 is 2.65 bits per heavy atom. The van der Waals surface area contributed by atoms with Gasteiger partial charge in [0.15, 0.2) is 0 Å². The van der Waals surface area contributed by atoms with Gasteiger partial charge in [-0.1, -0.05) is 36.8 Å². The van der Waals surface area contributed by atoms with Crippen LogP contribution in [0.3, 0.4) is 0 Å². The lowest BCUT2D eigenvalue weighted by Gasteiger charge is -2.25. The third-order valence-electron chi connectivity index (χ3n) is 3.63. The van der Waals surface area contributed by atoms with E-state index in [1.54, 1.807) is 0 Å². The van der Waals surface area contributed by atoms with Gasteiger partial charge in [-0.3, -0.25) is 11.3 Å². The standard InChI is InChI=1S/C14H22N2O/c1-10-3-5-12(6-4-10)9-13(16-15)14-11(2)7-8-17-14/h3-6,11,13-14,16H,7-9,15H2,1-2H3. The summed E-state index contributed by atoms with van der Waals surface area (Å²) >= 11 is 0. The highest BCUT2D eigenvalue weighted by molar-refractivity contribution is 5.22. The Kier molecular flexibility index (Phi) is 4.15. The lowest BCUT2D eigenvalue weighted by Crippen LogP contribution is -2.47. The average molecular weight is 234 g/mol. The van der Waals surface area contributed by atoms with Gasteiger partial charge < -0.3 is 4.74 Å². The van der Waals surface area contributed by atoms with Gasteiger partial charge in [0.1, 0.15) is 0 Å². The summed E-state index contributed by atoms with van der Waals surface area (Å²) in [5.41, 5.74) is 5.51. The monoisotopic (exact) mass is 234 g/mol.